The van der Waals surface area contributed by atoms with Crippen LogP contribution < -0.4 is 5.73 Å². The van der Waals surface area contributed by atoms with Crippen molar-refractivity contribution in [2.45, 2.75) is 18.9 Å². The maximum atomic E-state index is 13.2. The average Bonchev–Trinajstić information content (AvgIpc) is 2.13. The van der Waals surface area contributed by atoms with Crippen molar-refractivity contribution >= 4 is 0 Å². The van der Waals surface area contributed by atoms with Crippen molar-refractivity contribution in [3.8, 4) is 0 Å². The summed E-state index contributed by atoms with van der Waals surface area (Å²) in [4.78, 5) is 0. The van der Waals surface area contributed by atoms with Crippen LogP contribution in [0.15, 0.2) is 18.2 Å². The normalized spacial score (nSPS) is 15.2. The smallest absolute Gasteiger partial charge is 0.162 e. The molecule has 0 aliphatic heterocycles. The molecule has 0 aliphatic carbocycles. The van der Waals surface area contributed by atoms with Gasteiger partial charge >= 0.3 is 0 Å². The molecule has 1 unspecified atom stereocenters. The summed E-state index contributed by atoms with van der Waals surface area (Å²) < 4.78 is 25.9. The van der Waals surface area contributed by atoms with Crippen molar-refractivity contribution in [3.63, 3.8) is 0 Å². The molecule has 0 aliphatic rings. The highest BCUT2D eigenvalue weighted by Gasteiger charge is 2.20. The Balaban J connectivity index is 2.92. The van der Waals surface area contributed by atoms with E-state index in [0.29, 0.717) is 0 Å². The van der Waals surface area contributed by atoms with E-state index in [1.54, 1.807) is 6.92 Å². The summed E-state index contributed by atoms with van der Waals surface area (Å²) in [5.41, 5.74) is 4.89. The molecule has 1 atom stereocenters. The van der Waals surface area contributed by atoms with Crippen molar-refractivity contribution in [2.75, 3.05) is 6.61 Å². The summed E-state index contributed by atoms with van der Waals surface area (Å²) in [5.74, 6) is -1.78. The zero-order valence-electron chi connectivity index (χ0n) is 7.93. The fraction of sp³-hybridized carbons (Fsp3) is 0.400. The molecule has 1 aromatic rings. The zero-order chi connectivity index (χ0) is 10.8. The molecule has 0 heterocycles. The molecule has 0 bridgehead atoms. The second kappa shape index (κ2) is 4.02. The van der Waals surface area contributed by atoms with Crippen LogP contribution in [0.1, 0.15) is 12.5 Å². The lowest BCUT2D eigenvalue weighted by atomic mass is 9.94. The number of hydrogen-bond acceptors (Lipinski definition) is 2. The molecule has 1 rings (SSSR count). The van der Waals surface area contributed by atoms with E-state index in [1.807, 2.05) is 0 Å². The van der Waals surface area contributed by atoms with Gasteiger partial charge in [0.25, 0.3) is 0 Å². The molecule has 0 fully saturated rings. The molecule has 14 heavy (non-hydrogen) atoms. The molecule has 0 spiro atoms. The van der Waals surface area contributed by atoms with Crippen LogP contribution in [0.25, 0.3) is 0 Å². The van der Waals surface area contributed by atoms with E-state index in [1.165, 1.54) is 12.1 Å². The minimum atomic E-state index is -0.922. The van der Waals surface area contributed by atoms with Crippen LogP contribution in [0, 0.1) is 11.6 Å². The second-order valence-corrected chi connectivity index (χ2v) is 3.70. The number of hydrogen-bond donors (Lipinski definition) is 2. The number of halogens is 2. The van der Waals surface area contributed by atoms with Crippen LogP contribution in [-0.2, 0) is 6.42 Å². The van der Waals surface area contributed by atoms with E-state index in [4.69, 9.17) is 10.8 Å². The van der Waals surface area contributed by atoms with Crippen molar-refractivity contribution < 1.29 is 13.9 Å². The van der Waals surface area contributed by atoms with Gasteiger partial charge in [0.05, 0.1) is 6.61 Å². The predicted octanol–water partition coefficient (Wildman–Crippen LogP) is 1.22. The van der Waals surface area contributed by atoms with Crippen molar-refractivity contribution in [2.24, 2.45) is 5.73 Å². The van der Waals surface area contributed by atoms with Gasteiger partial charge in [-0.1, -0.05) is 12.1 Å². The summed E-state index contributed by atoms with van der Waals surface area (Å²) in [6, 6.07) is 3.92. The molecule has 1 aromatic carbocycles. The highest BCUT2D eigenvalue weighted by molar-refractivity contribution is 5.21. The third kappa shape index (κ3) is 2.49. The van der Waals surface area contributed by atoms with Crippen molar-refractivity contribution in [1.29, 1.82) is 0 Å². The average molecular weight is 201 g/mol. The molecule has 78 valence electrons. The van der Waals surface area contributed by atoms with E-state index in [9.17, 15) is 8.78 Å². The van der Waals surface area contributed by atoms with Gasteiger partial charge in [0, 0.05) is 5.54 Å². The first-order chi connectivity index (χ1) is 6.46. The lowest BCUT2D eigenvalue weighted by molar-refractivity contribution is 0.207. The van der Waals surface area contributed by atoms with E-state index in [2.05, 4.69) is 0 Å². The summed E-state index contributed by atoms with van der Waals surface area (Å²) in [7, 11) is 0. The van der Waals surface area contributed by atoms with E-state index in [0.717, 1.165) is 6.07 Å². The van der Waals surface area contributed by atoms with Gasteiger partial charge in [-0.15, -0.1) is 0 Å². The molecule has 0 saturated carbocycles. The first-order valence-corrected chi connectivity index (χ1v) is 4.29. The molecule has 0 aromatic heterocycles. The number of aliphatic hydroxyl groups excluding tert-OH is 1. The van der Waals surface area contributed by atoms with Crippen LogP contribution >= 0.6 is 0 Å². The molecule has 2 nitrogen and oxygen atoms in total. The summed E-state index contributed by atoms with van der Waals surface area (Å²) >= 11 is 0. The maximum absolute atomic E-state index is 13.2. The maximum Gasteiger partial charge on any atom is 0.162 e. The predicted molar refractivity (Wildman–Crippen MR) is 49.7 cm³/mol. The minimum Gasteiger partial charge on any atom is -0.394 e. The fourth-order valence-corrected chi connectivity index (χ4v) is 1.18. The minimum absolute atomic E-state index is 0.104. The Hall–Kier alpha value is -1.00. The number of nitrogens with two attached hydrogens (primary N) is 1. The molecule has 4 heteroatoms. The Morgan fingerprint density at radius 2 is 2.07 bits per heavy atom. The van der Waals surface area contributed by atoms with Gasteiger partial charge in [-0.3, -0.25) is 0 Å². The van der Waals surface area contributed by atoms with Gasteiger partial charge in [0.2, 0.25) is 0 Å². The third-order valence-corrected chi connectivity index (χ3v) is 1.99. The largest absolute Gasteiger partial charge is 0.394 e. The van der Waals surface area contributed by atoms with Crippen LogP contribution in [0.3, 0.4) is 0 Å². The van der Waals surface area contributed by atoms with Gasteiger partial charge in [0.15, 0.2) is 11.6 Å². The molecular weight excluding hydrogens is 188 g/mol. The lowest BCUT2D eigenvalue weighted by Crippen LogP contribution is -2.42. The monoisotopic (exact) mass is 201 g/mol. The Morgan fingerprint density at radius 3 is 2.64 bits per heavy atom. The highest BCUT2D eigenvalue weighted by atomic mass is 19.2. The topological polar surface area (TPSA) is 46.2 Å². The van der Waals surface area contributed by atoms with Crippen LogP contribution in [0.2, 0.25) is 0 Å². The van der Waals surface area contributed by atoms with E-state index in [-0.39, 0.29) is 18.6 Å². The first-order valence-electron chi connectivity index (χ1n) is 4.29. The molecule has 0 saturated heterocycles. The Labute approximate surface area is 81.4 Å². The summed E-state index contributed by atoms with van der Waals surface area (Å²) in [6.45, 7) is 1.31. The number of benzene rings is 1. The highest BCUT2D eigenvalue weighted by Crippen LogP contribution is 2.16. The Kier molecular flexibility index (Phi) is 3.18. The lowest BCUT2D eigenvalue weighted by Gasteiger charge is -2.21. The van der Waals surface area contributed by atoms with E-state index >= 15 is 0 Å². The van der Waals surface area contributed by atoms with Crippen LogP contribution in [0.4, 0.5) is 8.78 Å². The summed E-state index contributed by atoms with van der Waals surface area (Å²) in [5, 5.41) is 8.87. The first kappa shape index (κ1) is 11.1. The van der Waals surface area contributed by atoms with Gasteiger partial charge < -0.3 is 10.8 Å². The fourth-order valence-electron chi connectivity index (χ4n) is 1.18. The zero-order valence-corrected chi connectivity index (χ0v) is 7.93. The molecular formula is C10H13F2NO. The van der Waals surface area contributed by atoms with Gasteiger partial charge in [0.1, 0.15) is 0 Å². The number of rotatable bonds is 3. The van der Waals surface area contributed by atoms with Gasteiger partial charge in [-0.25, -0.2) is 8.78 Å². The van der Waals surface area contributed by atoms with E-state index < -0.39 is 17.2 Å². The SMILES string of the molecule is CC(N)(CO)Cc1cccc(F)c1F. The van der Waals surface area contributed by atoms with Gasteiger partial charge in [-0.2, -0.15) is 0 Å². The van der Waals surface area contributed by atoms with Crippen molar-refractivity contribution in [1.82, 2.24) is 0 Å². The quantitative estimate of drug-likeness (QED) is 0.772. The standard InChI is InChI=1S/C10H13F2NO/c1-10(13,6-14)5-7-3-2-4-8(11)9(7)12/h2-4,14H,5-6,13H2,1H3. The molecule has 3 N–H and O–H groups in total. The third-order valence-electron chi connectivity index (χ3n) is 1.99. The molecule has 0 amide bonds. The van der Waals surface area contributed by atoms with Gasteiger partial charge in [-0.05, 0) is 25.0 Å². The van der Waals surface area contributed by atoms with Crippen molar-refractivity contribution in [3.05, 3.63) is 35.4 Å². The molecule has 0 radical (unpaired) electrons. The summed E-state index contributed by atoms with van der Waals surface area (Å²) in [6.07, 6.45) is 0.104. The Morgan fingerprint density at radius 1 is 1.43 bits per heavy atom. The Bertz CT molecular complexity index is 326. The van der Waals surface area contributed by atoms with Crippen LogP contribution in [0.5, 0.6) is 0 Å². The second-order valence-electron chi connectivity index (χ2n) is 3.70. The number of aliphatic hydroxyl groups is 1. The van der Waals surface area contributed by atoms with Crippen LogP contribution in [-0.4, -0.2) is 17.3 Å².